The second-order valence-electron chi connectivity index (χ2n) is 6.87. The van der Waals surface area contributed by atoms with E-state index in [0.717, 1.165) is 4.68 Å². The van der Waals surface area contributed by atoms with Gasteiger partial charge in [0.25, 0.3) is 11.2 Å². The van der Waals surface area contributed by atoms with Crippen molar-refractivity contribution >= 4 is 5.69 Å². The third kappa shape index (κ3) is 2.80. The zero-order chi connectivity index (χ0) is 19.3. The maximum Gasteiger partial charge on any atom is 0.270 e. The minimum Gasteiger partial charge on any atom is -0.484 e. The van der Waals surface area contributed by atoms with E-state index in [9.17, 15) is 20.0 Å². The fourth-order valence-corrected chi connectivity index (χ4v) is 2.79. The van der Waals surface area contributed by atoms with Crippen molar-refractivity contribution in [3.63, 3.8) is 0 Å². The van der Waals surface area contributed by atoms with E-state index < -0.39 is 22.2 Å². The van der Waals surface area contributed by atoms with Crippen LogP contribution in [0.5, 0.6) is 11.6 Å². The van der Waals surface area contributed by atoms with Crippen molar-refractivity contribution in [2.24, 2.45) is 7.05 Å². The van der Waals surface area contributed by atoms with Crippen LogP contribution < -0.4 is 15.0 Å². The van der Waals surface area contributed by atoms with E-state index in [0.29, 0.717) is 11.3 Å². The summed E-state index contributed by atoms with van der Waals surface area (Å²) in [5, 5.41) is 26.2. The maximum absolute atomic E-state index is 11.5. The van der Waals surface area contributed by atoms with Gasteiger partial charge in [-0.05, 0) is 26.8 Å². The van der Waals surface area contributed by atoms with Crippen LogP contribution in [0.25, 0.3) is 0 Å². The molecule has 2 unspecified atom stereocenters. The van der Waals surface area contributed by atoms with Gasteiger partial charge in [-0.2, -0.15) is 0 Å². The first-order chi connectivity index (χ1) is 12.0. The smallest absolute Gasteiger partial charge is 0.270 e. The molecule has 0 bridgehead atoms. The first-order valence-corrected chi connectivity index (χ1v) is 7.94. The van der Waals surface area contributed by atoms with E-state index in [1.165, 1.54) is 44.3 Å². The summed E-state index contributed by atoms with van der Waals surface area (Å²) in [7, 11) is 1.47. The van der Waals surface area contributed by atoms with Crippen LogP contribution in [0.3, 0.4) is 0 Å². The van der Waals surface area contributed by atoms with Gasteiger partial charge in [-0.15, -0.1) is 5.10 Å². The number of rotatable bonds is 3. The van der Waals surface area contributed by atoms with Gasteiger partial charge in [0, 0.05) is 36.9 Å². The quantitative estimate of drug-likeness (QED) is 0.653. The predicted molar refractivity (Wildman–Crippen MR) is 91.3 cm³/mol. The molecular formula is C17H19N3O6. The number of benzene rings is 1. The standard InChI is InChI=1S/C17H19N3O6/c1-16(2)17(3,22)15(25-13-7-8-14(21)19(4)18-13)11-9-10(20(23)24)5-6-12(11)26-16/h5-9,15,22H,1-4H3. The lowest BCUT2D eigenvalue weighted by Gasteiger charge is -2.48. The number of nitro benzene ring substituents is 1. The molecule has 2 heterocycles. The molecule has 9 heteroatoms. The van der Waals surface area contributed by atoms with Crippen molar-refractivity contribution in [3.05, 3.63) is 56.4 Å². The molecule has 1 aliphatic rings. The van der Waals surface area contributed by atoms with E-state index in [-0.39, 0.29) is 17.1 Å². The number of non-ortho nitro benzene ring substituents is 1. The van der Waals surface area contributed by atoms with Crippen LogP contribution in [0.1, 0.15) is 32.4 Å². The highest BCUT2D eigenvalue weighted by atomic mass is 16.6. The summed E-state index contributed by atoms with van der Waals surface area (Å²) >= 11 is 0. The summed E-state index contributed by atoms with van der Waals surface area (Å²) in [5.74, 6) is 0.481. The molecule has 2 aromatic rings. The lowest BCUT2D eigenvalue weighted by atomic mass is 9.77. The van der Waals surface area contributed by atoms with Gasteiger partial charge >= 0.3 is 0 Å². The fourth-order valence-electron chi connectivity index (χ4n) is 2.79. The molecule has 26 heavy (non-hydrogen) atoms. The third-order valence-corrected chi connectivity index (χ3v) is 4.76. The number of fused-ring (bicyclic) bond motifs is 1. The van der Waals surface area contributed by atoms with Crippen LogP contribution >= 0.6 is 0 Å². The lowest BCUT2D eigenvalue weighted by molar-refractivity contribution is -0.385. The lowest BCUT2D eigenvalue weighted by Crippen LogP contribution is -2.59. The van der Waals surface area contributed by atoms with Crippen molar-refractivity contribution in [2.45, 2.75) is 38.1 Å². The molecule has 1 aromatic carbocycles. The molecule has 0 radical (unpaired) electrons. The summed E-state index contributed by atoms with van der Waals surface area (Å²) in [6.07, 6.45) is -0.994. The van der Waals surface area contributed by atoms with E-state index >= 15 is 0 Å². The van der Waals surface area contributed by atoms with Gasteiger partial charge in [0.2, 0.25) is 5.88 Å². The molecule has 1 N–H and O–H groups in total. The van der Waals surface area contributed by atoms with Crippen LogP contribution in [0.4, 0.5) is 5.69 Å². The number of nitro groups is 1. The van der Waals surface area contributed by atoms with Crippen molar-refractivity contribution < 1.29 is 19.5 Å². The third-order valence-electron chi connectivity index (χ3n) is 4.76. The van der Waals surface area contributed by atoms with Gasteiger partial charge < -0.3 is 14.6 Å². The zero-order valence-corrected chi connectivity index (χ0v) is 14.8. The molecule has 1 aromatic heterocycles. The average Bonchev–Trinajstić information content (AvgIpc) is 2.54. The highest BCUT2D eigenvalue weighted by Crippen LogP contribution is 2.48. The Bertz CT molecular complexity index is 934. The van der Waals surface area contributed by atoms with Gasteiger partial charge in [0.15, 0.2) is 6.10 Å². The maximum atomic E-state index is 11.5. The first-order valence-electron chi connectivity index (χ1n) is 7.94. The normalized spacial score (nSPS) is 23.7. The Labute approximate surface area is 148 Å². The number of hydrogen-bond acceptors (Lipinski definition) is 7. The highest BCUT2D eigenvalue weighted by molar-refractivity contribution is 5.48. The number of aromatic nitrogens is 2. The number of nitrogens with zero attached hydrogens (tertiary/aromatic N) is 3. The highest BCUT2D eigenvalue weighted by Gasteiger charge is 2.54. The number of hydrogen-bond donors (Lipinski definition) is 1. The zero-order valence-electron chi connectivity index (χ0n) is 14.8. The van der Waals surface area contributed by atoms with E-state index in [1.807, 2.05) is 0 Å². The summed E-state index contributed by atoms with van der Waals surface area (Å²) in [4.78, 5) is 22.1. The Morgan fingerprint density at radius 1 is 1.31 bits per heavy atom. The summed E-state index contributed by atoms with van der Waals surface area (Å²) in [6.45, 7) is 4.92. The van der Waals surface area contributed by atoms with Gasteiger partial charge in [0.1, 0.15) is 17.0 Å². The van der Waals surface area contributed by atoms with Crippen LogP contribution in [0, 0.1) is 10.1 Å². The second kappa shape index (κ2) is 5.80. The Morgan fingerprint density at radius 2 is 2.00 bits per heavy atom. The molecule has 0 amide bonds. The number of aryl methyl sites for hydroxylation is 1. The van der Waals surface area contributed by atoms with Gasteiger partial charge in [-0.3, -0.25) is 14.9 Å². The molecular weight excluding hydrogens is 342 g/mol. The van der Waals surface area contributed by atoms with Crippen molar-refractivity contribution in [3.8, 4) is 11.6 Å². The van der Waals surface area contributed by atoms with Gasteiger partial charge in [0.05, 0.1) is 4.92 Å². The Balaban J connectivity index is 2.13. The number of aliphatic hydroxyl groups is 1. The summed E-state index contributed by atoms with van der Waals surface area (Å²) in [5.41, 5.74) is -2.70. The second-order valence-corrected chi connectivity index (χ2v) is 6.87. The number of ether oxygens (including phenoxy) is 2. The van der Waals surface area contributed by atoms with Crippen molar-refractivity contribution in [1.29, 1.82) is 0 Å². The van der Waals surface area contributed by atoms with E-state index in [1.54, 1.807) is 13.8 Å². The summed E-state index contributed by atoms with van der Waals surface area (Å²) in [6, 6.07) is 6.80. The Kier molecular flexibility index (Phi) is 3.99. The molecule has 0 saturated carbocycles. The van der Waals surface area contributed by atoms with E-state index in [4.69, 9.17) is 9.47 Å². The molecule has 138 valence electrons. The average molecular weight is 361 g/mol. The monoisotopic (exact) mass is 361 g/mol. The Hall–Kier alpha value is -2.94. The van der Waals surface area contributed by atoms with Crippen LogP contribution in [-0.2, 0) is 7.05 Å². The predicted octanol–water partition coefficient (Wildman–Crippen LogP) is 1.73. The molecule has 0 aliphatic carbocycles. The SMILES string of the molecule is Cn1nc(OC2c3cc([N+](=O)[O-])ccc3OC(C)(C)C2(C)O)ccc1=O. The van der Waals surface area contributed by atoms with Crippen LogP contribution in [-0.4, -0.2) is 31.0 Å². The largest absolute Gasteiger partial charge is 0.484 e. The molecule has 1 aliphatic heterocycles. The minimum atomic E-state index is -1.54. The first kappa shape index (κ1) is 17.9. The molecule has 0 fully saturated rings. The Morgan fingerprint density at radius 3 is 2.62 bits per heavy atom. The minimum absolute atomic E-state index is 0.104. The van der Waals surface area contributed by atoms with Gasteiger partial charge in [-0.1, -0.05) is 0 Å². The fraction of sp³-hybridized carbons (Fsp3) is 0.412. The van der Waals surface area contributed by atoms with Crippen LogP contribution in [0.15, 0.2) is 35.1 Å². The molecule has 0 spiro atoms. The van der Waals surface area contributed by atoms with Crippen molar-refractivity contribution in [1.82, 2.24) is 9.78 Å². The van der Waals surface area contributed by atoms with Gasteiger partial charge in [-0.25, -0.2) is 4.68 Å². The van der Waals surface area contributed by atoms with Crippen LogP contribution in [0.2, 0.25) is 0 Å². The van der Waals surface area contributed by atoms with Crippen molar-refractivity contribution in [2.75, 3.05) is 0 Å². The molecule has 9 nitrogen and oxygen atoms in total. The molecule has 0 saturated heterocycles. The molecule has 2 atom stereocenters. The summed E-state index contributed by atoms with van der Waals surface area (Å²) < 4.78 is 12.8. The topological polar surface area (TPSA) is 117 Å². The molecule has 3 rings (SSSR count). The van der Waals surface area contributed by atoms with E-state index in [2.05, 4.69) is 5.10 Å².